The molecule has 0 heterocycles. The number of rotatable bonds is 0. The Morgan fingerprint density at radius 3 is 1.33 bits per heavy atom. The second-order valence-electron chi connectivity index (χ2n) is 4.48. The smallest absolute Gasteiger partial charge is 0.118 e. The number of nitrogens with two attached hydrogens (primary N) is 4. The van der Waals surface area contributed by atoms with Gasteiger partial charge in [0.25, 0.3) is 0 Å². The van der Waals surface area contributed by atoms with Crippen LogP contribution in [0.15, 0.2) is 36.4 Å². The Morgan fingerprint density at radius 1 is 0.667 bits per heavy atom. The highest BCUT2D eigenvalue weighted by atomic mass is 15.0. The zero-order valence-corrected chi connectivity index (χ0v) is 13.3. The van der Waals surface area contributed by atoms with Gasteiger partial charge in [-0.1, -0.05) is 39.8 Å². The average molecular weight is 286 g/mol. The standard InChI is InChI=1S/C13H14N4.2C2H6/c14-7-1-3-11-9(5-7)10-6-8(15)2-4-12(10)13(11,16)17;2*1-2/h1-6H,14-17H2;2*1-2H3. The van der Waals surface area contributed by atoms with Crippen molar-refractivity contribution >= 4 is 11.4 Å². The number of benzene rings is 2. The Labute approximate surface area is 127 Å². The molecule has 0 spiro atoms. The minimum Gasteiger partial charge on any atom is -0.399 e. The molecule has 0 bridgehead atoms. The summed E-state index contributed by atoms with van der Waals surface area (Å²) in [6, 6.07) is 11.1. The van der Waals surface area contributed by atoms with Crippen molar-refractivity contribution in [2.45, 2.75) is 33.4 Å². The van der Waals surface area contributed by atoms with E-state index in [1.165, 1.54) is 0 Å². The molecule has 0 unspecified atom stereocenters. The molecule has 0 saturated carbocycles. The van der Waals surface area contributed by atoms with Gasteiger partial charge in [-0.3, -0.25) is 0 Å². The fourth-order valence-corrected chi connectivity index (χ4v) is 2.44. The Hall–Kier alpha value is -2.04. The Kier molecular flexibility index (Phi) is 5.35. The average Bonchev–Trinajstić information content (AvgIpc) is 2.71. The van der Waals surface area contributed by atoms with Gasteiger partial charge < -0.3 is 22.9 Å². The molecule has 0 saturated heterocycles. The van der Waals surface area contributed by atoms with Crippen molar-refractivity contribution in [1.82, 2.24) is 0 Å². The lowest BCUT2D eigenvalue weighted by molar-refractivity contribution is 0.584. The summed E-state index contributed by atoms with van der Waals surface area (Å²) in [4.78, 5) is 0. The van der Waals surface area contributed by atoms with Crippen LogP contribution >= 0.6 is 0 Å². The summed E-state index contributed by atoms with van der Waals surface area (Å²) < 4.78 is 0. The van der Waals surface area contributed by atoms with E-state index < -0.39 is 5.66 Å². The molecule has 8 N–H and O–H groups in total. The molecule has 2 aromatic rings. The maximum absolute atomic E-state index is 6.20. The van der Waals surface area contributed by atoms with Crippen LogP contribution in [0, 0.1) is 0 Å². The monoisotopic (exact) mass is 286 g/mol. The largest absolute Gasteiger partial charge is 0.399 e. The van der Waals surface area contributed by atoms with Crippen molar-refractivity contribution in [1.29, 1.82) is 0 Å². The molecule has 1 aliphatic rings. The van der Waals surface area contributed by atoms with Gasteiger partial charge in [0.1, 0.15) is 5.66 Å². The normalized spacial score (nSPS) is 13.0. The van der Waals surface area contributed by atoms with E-state index in [1.54, 1.807) is 0 Å². The number of hydrogen-bond donors (Lipinski definition) is 4. The Balaban J connectivity index is 0.000000510. The first kappa shape index (κ1) is 17.0. The first-order valence-electron chi connectivity index (χ1n) is 7.38. The summed E-state index contributed by atoms with van der Waals surface area (Å²) in [5.74, 6) is 0. The fraction of sp³-hybridized carbons (Fsp3) is 0.294. The van der Waals surface area contributed by atoms with Crippen molar-refractivity contribution in [2.75, 3.05) is 11.5 Å². The highest BCUT2D eigenvalue weighted by Crippen LogP contribution is 2.44. The lowest BCUT2D eigenvalue weighted by atomic mass is 9.99. The molecule has 3 rings (SSSR count). The van der Waals surface area contributed by atoms with Crippen LogP contribution in [0.3, 0.4) is 0 Å². The van der Waals surface area contributed by atoms with Crippen molar-refractivity contribution in [3.8, 4) is 11.1 Å². The molecule has 0 amide bonds. The lowest BCUT2D eigenvalue weighted by Gasteiger charge is -2.21. The topological polar surface area (TPSA) is 104 Å². The van der Waals surface area contributed by atoms with Crippen molar-refractivity contribution in [3.05, 3.63) is 47.5 Å². The van der Waals surface area contributed by atoms with E-state index in [9.17, 15) is 0 Å². The van der Waals surface area contributed by atoms with Gasteiger partial charge in [-0.05, 0) is 46.5 Å². The van der Waals surface area contributed by atoms with E-state index in [0.717, 1.165) is 22.3 Å². The van der Waals surface area contributed by atoms with E-state index in [2.05, 4.69) is 0 Å². The molecular formula is C17H26N4. The lowest BCUT2D eigenvalue weighted by Crippen LogP contribution is -2.45. The molecule has 0 aliphatic heterocycles. The molecule has 0 fully saturated rings. The second kappa shape index (κ2) is 6.61. The van der Waals surface area contributed by atoms with Crippen LogP contribution in [0.1, 0.15) is 38.8 Å². The summed E-state index contributed by atoms with van der Waals surface area (Å²) in [6.45, 7) is 8.00. The van der Waals surface area contributed by atoms with Crippen LogP contribution in [0.25, 0.3) is 11.1 Å². The van der Waals surface area contributed by atoms with Crippen LogP contribution in [0.4, 0.5) is 11.4 Å². The van der Waals surface area contributed by atoms with Crippen LogP contribution in [0.2, 0.25) is 0 Å². The fourth-order valence-electron chi connectivity index (χ4n) is 2.44. The quantitative estimate of drug-likeness (QED) is 0.441. The van der Waals surface area contributed by atoms with E-state index in [0.29, 0.717) is 11.4 Å². The van der Waals surface area contributed by atoms with Gasteiger partial charge in [0.2, 0.25) is 0 Å². The maximum Gasteiger partial charge on any atom is 0.118 e. The van der Waals surface area contributed by atoms with Gasteiger partial charge in [0.05, 0.1) is 0 Å². The first-order valence-corrected chi connectivity index (χ1v) is 7.38. The van der Waals surface area contributed by atoms with Gasteiger partial charge >= 0.3 is 0 Å². The number of hydrogen-bond acceptors (Lipinski definition) is 4. The zero-order chi connectivity index (χ0) is 16.2. The summed E-state index contributed by atoms with van der Waals surface area (Å²) in [5.41, 5.74) is 28.1. The highest BCUT2D eigenvalue weighted by Gasteiger charge is 2.36. The van der Waals surface area contributed by atoms with Gasteiger partial charge in [-0.2, -0.15) is 0 Å². The molecule has 2 aromatic carbocycles. The molecule has 1 aliphatic carbocycles. The molecule has 4 nitrogen and oxygen atoms in total. The van der Waals surface area contributed by atoms with Crippen LogP contribution in [-0.4, -0.2) is 0 Å². The summed E-state index contributed by atoms with van der Waals surface area (Å²) >= 11 is 0. The van der Waals surface area contributed by atoms with E-state index in [4.69, 9.17) is 22.9 Å². The summed E-state index contributed by atoms with van der Waals surface area (Å²) in [6.07, 6.45) is 0. The van der Waals surface area contributed by atoms with Crippen LogP contribution in [-0.2, 0) is 5.66 Å². The molecule has 114 valence electrons. The molecule has 4 heteroatoms. The third kappa shape index (κ3) is 2.86. The summed E-state index contributed by atoms with van der Waals surface area (Å²) in [7, 11) is 0. The minimum absolute atomic E-state index is 0.690. The number of fused-ring (bicyclic) bond motifs is 3. The van der Waals surface area contributed by atoms with Crippen molar-refractivity contribution in [3.63, 3.8) is 0 Å². The van der Waals surface area contributed by atoms with E-state index in [1.807, 2.05) is 64.1 Å². The van der Waals surface area contributed by atoms with Crippen LogP contribution in [0.5, 0.6) is 0 Å². The van der Waals surface area contributed by atoms with E-state index in [-0.39, 0.29) is 0 Å². The van der Waals surface area contributed by atoms with Crippen molar-refractivity contribution < 1.29 is 0 Å². The molecule has 21 heavy (non-hydrogen) atoms. The molecular weight excluding hydrogens is 260 g/mol. The van der Waals surface area contributed by atoms with Gasteiger partial charge in [-0.25, -0.2) is 0 Å². The van der Waals surface area contributed by atoms with Crippen LogP contribution < -0.4 is 22.9 Å². The summed E-state index contributed by atoms with van der Waals surface area (Å²) in [5, 5.41) is 0. The third-order valence-electron chi connectivity index (χ3n) is 3.27. The minimum atomic E-state index is -0.966. The van der Waals surface area contributed by atoms with Gasteiger partial charge in [0.15, 0.2) is 0 Å². The third-order valence-corrected chi connectivity index (χ3v) is 3.27. The second-order valence-corrected chi connectivity index (χ2v) is 4.48. The first-order chi connectivity index (χ1) is 10.00. The maximum atomic E-state index is 6.20. The molecule has 0 aromatic heterocycles. The van der Waals surface area contributed by atoms with Crippen molar-refractivity contribution in [2.24, 2.45) is 11.5 Å². The Morgan fingerprint density at radius 2 is 1.00 bits per heavy atom. The highest BCUT2D eigenvalue weighted by molar-refractivity contribution is 5.84. The van der Waals surface area contributed by atoms with Gasteiger partial charge in [-0.15, -0.1) is 0 Å². The zero-order valence-electron chi connectivity index (χ0n) is 13.3. The molecule has 0 radical (unpaired) electrons. The SMILES string of the molecule is CC.CC.Nc1ccc2c(c1)-c1cc(N)ccc1C2(N)N. The van der Waals surface area contributed by atoms with E-state index >= 15 is 0 Å². The predicted octanol–water partition coefficient (Wildman–Crippen LogP) is 3.00. The van der Waals surface area contributed by atoms with Gasteiger partial charge in [0, 0.05) is 11.4 Å². The number of anilines is 2. The number of nitrogen functional groups attached to an aromatic ring is 2. The predicted molar refractivity (Wildman–Crippen MR) is 92.6 cm³/mol. The molecule has 0 atom stereocenters. The Bertz CT molecular complexity index is 565.